The van der Waals surface area contributed by atoms with Crippen molar-refractivity contribution in [1.29, 1.82) is 0 Å². The van der Waals surface area contributed by atoms with Gasteiger partial charge in [-0.3, -0.25) is 4.79 Å². The van der Waals surface area contributed by atoms with Crippen LogP contribution in [0.3, 0.4) is 0 Å². The molecule has 0 bridgehead atoms. The highest BCUT2D eigenvalue weighted by molar-refractivity contribution is 5.84. The van der Waals surface area contributed by atoms with Crippen LogP contribution in [0.15, 0.2) is 24.4 Å². The van der Waals surface area contributed by atoms with Gasteiger partial charge in [-0.15, -0.1) is 0 Å². The lowest BCUT2D eigenvalue weighted by atomic mass is 9.84. The molecule has 0 unspecified atom stereocenters. The zero-order valence-corrected chi connectivity index (χ0v) is 13.6. The number of carbonyl (C=O) groups excluding carboxylic acids is 1. The molecular weight excluding hydrogens is 295 g/mol. The van der Waals surface area contributed by atoms with E-state index in [9.17, 15) is 9.18 Å². The molecule has 0 saturated carbocycles. The van der Waals surface area contributed by atoms with Gasteiger partial charge in [0, 0.05) is 48.2 Å². The molecule has 3 rings (SSSR count). The van der Waals surface area contributed by atoms with Crippen LogP contribution in [0.1, 0.15) is 32.3 Å². The molecule has 0 aliphatic carbocycles. The first-order valence-electron chi connectivity index (χ1n) is 8.10. The van der Waals surface area contributed by atoms with Crippen LogP contribution in [-0.4, -0.2) is 30.6 Å². The Kier molecular flexibility index (Phi) is 4.39. The molecule has 0 atom stereocenters. The van der Waals surface area contributed by atoms with E-state index in [2.05, 4.69) is 24.1 Å². The SMILES string of the molecule is CC(C)(CNC(=O)C1CCOCC1)c1c[nH]c2ccc(F)cc12. The zero-order chi connectivity index (χ0) is 16.4. The Morgan fingerprint density at radius 1 is 1.39 bits per heavy atom. The van der Waals surface area contributed by atoms with Gasteiger partial charge in [0.25, 0.3) is 0 Å². The summed E-state index contributed by atoms with van der Waals surface area (Å²) in [5, 5.41) is 3.93. The Labute approximate surface area is 135 Å². The van der Waals surface area contributed by atoms with Gasteiger partial charge in [0.15, 0.2) is 0 Å². The van der Waals surface area contributed by atoms with E-state index in [4.69, 9.17) is 4.74 Å². The van der Waals surface area contributed by atoms with Crippen LogP contribution in [0.25, 0.3) is 10.9 Å². The number of hydrogen-bond donors (Lipinski definition) is 2. The number of aromatic amines is 1. The van der Waals surface area contributed by atoms with Crippen LogP contribution in [0.5, 0.6) is 0 Å². The molecule has 1 aliphatic heterocycles. The molecule has 23 heavy (non-hydrogen) atoms. The van der Waals surface area contributed by atoms with Gasteiger partial charge in [-0.1, -0.05) is 13.8 Å². The average molecular weight is 318 g/mol. The van der Waals surface area contributed by atoms with Crippen molar-refractivity contribution in [2.24, 2.45) is 5.92 Å². The number of benzene rings is 1. The lowest BCUT2D eigenvalue weighted by Gasteiger charge is -2.27. The van der Waals surface area contributed by atoms with Crippen LogP contribution in [-0.2, 0) is 14.9 Å². The van der Waals surface area contributed by atoms with Crippen molar-refractivity contribution in [3.63, 3.8) is 0 Å². The maximum atomic E-state index is 13.5. The summed E-state index contributed by atoms with van der Waals surface area (Å²) in [6.45, 7) is 5.95. The minimum absolute atomic E-state index is 0.0416. The molecule has 0 radical (unpaired) electrons. The molecule has 1 amide bonds. The summed E-state index contributed by atoms with van der Waals surface area (Å²) in [4.78, 5) is 15.5. The Bertz CT molecular complexity index is 702. The van der Waals surface area contributed by atoms with Crippen LogP contribution in [0.2, 0.25) is 0 Å². The third kappa shape index (κ3) is 3.39. The predicted octanol–water partition coefficient (Wildman–Crippen LogP) is 3.13. The van der Waals surface area contributed by atoms with Crippen LogP contribution >= 0.6 is 0 Å². The summed E-state index contributed by atoms with van der Waals surface area (Å²) in [7, 11) is 0. The standard InChI is InChI=1S/C18H23FN2O2/c1-18(2,11-21-17(22)12-5-7-23-8-6-12)15-10-20-16-4-3-13(19)9-14(15)16/h3-4,9-10,12,20H,5-8,11H2,1-2H3,(H,21,22). The largest absolute Gasteiger partial charge is 0.381 e. The first kappa shape index (κ1) is 16.0. The van der Waals surface area contributed by atoms with Gasteiger partial charge in [-0.05, 0) is 36.6 Å². The fourth-order valence-electron chi connectivity index (χ4n) is 3.16. The average Bonchev–Trinajstić information content (AvgIpc) is 2.97. The maximum absolute atomic E-state index is 13.5. The molecule has 5 heteroatoms. The molecule has 1 fully saturated rings. The number of hydrogen-bond acceptors (Lipinski definition) is 2. The molecule has 0 spiro atoms. The Morgan fingerprint density at radius 3 is 2.87 bits per heavy atom. The van der Waals surface area contributed by atoms with Crippen molar-refractivity contribution in [2.45, 2.75) is 32.1 Å². The second kappa shape index (κ2) is 6.32. The summed E-state index contributed by atoms with van der Waals surface area (Å²) in [5.41, 5.74) is 1.64. The van der Waals surface area contributed by atoms with Crippen molar-refractivity contribution in [1.82, 2.24) is 10.3 Å². The molecule has 2 heterocycles. The molecule has 2 N–H and O–H groups in total. The van der Waals surface area contributed by atoms with E-state index in [1.54, 1.807) is 12.1 Å². The summed E-state index contributed by atoms with van der Waals surface area (Å²) in [6.07, 6.45) is 3.47. The monoisotopic (exact) mass is 318 g/mol. The first-order chi connectivity index (χ1) is 11.0. The minimum Gasteiger partial charge on any atom is -0.381 e. The topological polar surface area (TPSA) is 54.1 Å². The van der Waals surface area contributed by atoms with Crippen molar-refractivity contribution < 1.29 is 13.9 Å². The lowest BCUT2D eigenvalue weighted by Crippen LogP contribution is -2.41. The number of H-pyrrole nitrogens is 1. The highest BCUT2D eigenvalue weighted by Crippen LogP contribution is 2.30. The maximum Gasteiger partial charge on any atom is 0.223 e. The van der Waals surface area contributed by atoms with Crippen LogP contribution in [0.4, 0.5) is 4.39 Å². The summed E-state index contributed by atoms with van der Waals surface area (Å²) in [5.74, 6) is -0.118. The fourth-order valence-corrected chi connectivity index (χ4v) is 3.16. The fraction of sp³-hybridized carbons (Fsp3) is 0.500. The number of carbonyl (C=O) groups is 1. The van der Waals surface area contributed by atoms with E-state index in [1.165, 1.54) is 6.07 Å². The van der Waals surface area contributed by atoms with E-state index in [0.717, 1.165) is 29.3 Å². The second-order valence-corrected chi connectivity index (χ2v) is 6.88. The van der Waals surface area contributed by atoms with E-state index >= 15 is 0 Å². The molecule has 1 aromatic heterocycles. The Balaban J connectivity index is 1.72. The smallest absolute Gasteiger partial charge is 0.223 e. The van der Waals surface area contributed by atoms with Gasteiger partial charge >= 0.3 is 0 Å². The second-order valence-electron chi connectivity index (χ2n) is 6.88. The van der Waals surface area contributed by atoms with Crippen LogP contribution < -0.4 is 5.32 Å². The molecule has 1 saturated heterocycles. The van der Waals surface area contributed by atoms with Gasteiger partial charge in [0.2, 0.25) is 5.91 Å². The number of nitrogens with one attached hydrogen (secondary N) is 2. The van der Waals surface area contributed by atoms with E-state index in [1.807, 2.05) is 6.20 Å². The van der Waals surface area contributed by atoms with Crippen molar-refractivity contribution in [3.8, 4) is 0 Å². The molecule has 1 aliphatic rings. The number of fused-ring (bicyclic) bond motifs is 1. The quantitative estimate of drug-likeness (QED) is 0.910. The van der Waals surface area contributed by atoms with E-state index < -0.39 is 0 Å². The molecule has 2 aromatic rings. The van der Waals surface area contributed by atoms with Crippen molar-refractivity contribution >= 4 is 16.8 Å². The van der Waals surface area contributed by atoms with E-state index in [0.29, 0.717) is 19.8 Å². The number of amides is 1. The zero-order valence-electron chi connectivity index (χ0n) is 13.6. The first-order valence-corrected chi connectivity index (χ1v) is 8.10. The predicted molar refractivity (Wildman–Crippen MR) is 87.8 cm³/mol. The van der Waals surface area contributed by atoms with E-state index in [-0.39, 0.29) is 23.1 Å². The lowest BCUT2D eigenvalue weighted by molar-refractivity contribution is -0.128. The normalized spacial score (nSPS) is 16.7. The minimum atomic E-state index is -0.285. The third-order valence-electron chi connectivity index (χ3n) is 4.67. The Hall–Kier alpha value is -1.88. The van der Waals surface area contributed by atoms with Gasteiger partial charge in [0.05, 0.1) is 0 Å². The summed E-state index contributed by atoms with van der Waals surface area (Å²) < 4.78 is 18.8. The molecule has 4 nitrogen and oxygen atoms in total. The highest BCUT2D eigenvalue weighted by atomic mass is 19.1. The van der Waals surface area contributed by atoms with Gasteiger partial charge in [-0.2, -0.15) is 0 Å². The summed E-state index contributed by atoms with van der Waals surface area (Å²) in [6, 6.07) is 4.73. The number of rotatable bonds is 4. The molecule has 124 valence electrons. The van der Waals surface area contributed by atoms with Crippen molar-refractivity contribution in [2.75, 3.05) is 19.8 Å². The third-order valence-corrected chi connectivity index (χ3v) is 4.67. The number of aromatic nitrogens is 1. The van der Waals surface area contributed by atoms with Crippen molar-refractivity contribution in [3.05, 3.63) is 35.8 Å². The highest BCUT2D eigenvalue weighted by Gasteiger charge is 2.27. The Morgan fingerprint density at radius 2 is 2.13 bits per heavy atom. The summed E-state index contributed by atoms with van der Waals surface area (Å²) >= 11 is 0. The molecular formula is C18H23FN2O2. The van der Waals surface area contributed by atoms with Gasteiger partial charge in [0.1, 0.15) is 5.82 Å². The number of ether oxygens (including phenoxy) is 1. The van der Waals surface area contributed by atoms with Gasteiger partial charge < -0.3 is 15.0 Å². The number of halogens is 1. The van der Waals surface area contributed by atoms with Gasteiger partial charge in [-0.25, -0.2) is 4.39 Å². The van der Waals surface area contributed by atoms with Crippen LogP contribution in [0, 0.1) is 11.7 Å². The molecule has 1 aromatic carbocycles.